The van der Waals surface area contributed by atoms with E-state index in [2.05, 4.69) is 18.2 Å². The van der Waals surface area contributed by atoms with E-state index in [0.29, 0.717) is 26.1 Å². The molecular formula is C24H26O4. The molecule has 0 radical (unpaired) electrons. The number of rotatable bonds is 5. The fraction of sp³-hybridized carbons (Fsp3) is 0.417. The van der Waals surface area contributed by atoms with Gasteiger partial charge in [-0.3, -0.25) is 9.59 Å². The molecular weight excluding hydrogens is 352 g/mol. The van der Waals surface area contributed by atoms with Crippen molar-refractivity contribution in [3.05, 3.63) is 59.7 Å². The Morgan fingerprint density at radius 3 is 2.29 bits per heavy atom. The quantitative estimate of drug-likeness (QED) is 0.713. The SMILES string of the molecule is CCOC(=O)C1(C)CCC2(C(=O)OCC)c3cccc(-c4ccccc4)c3C12. The van der Waals surface area contributed by atoms with Crippen molar-refractivity contribution in [3.8, 4) is 11.1 Å². The average Bonchev–Trinajstić information content (AvgIpc) is 2.97. The smallest absolute Gasteiger partial charge is 0.317 e. The molecule has 1 saturated carbocycles. The first-order valence-corrected chi connectivity index (χ1v) is 10.0. The van der Waals surface area contributed by atoms with E-state index in [0.717, 1.165) is 22.3 Å². The maximum absolute atomic E-state index is 13.1. The van der Waals surface area contributed by atoms with Crippen molar-refractivity contribution < 1.29 is 19.1 Å². The van der Waals surface area contributed by atoms with Gasteiger partial charge in [-0.15, -0.1) is 0 Å². The van der Waals surface area contributed by atoms with Gasteiger partial charge in [0, 0.05) is 5.92 Å². The van der Waals surface area contributed by atoms with E-state index in [1.54, 1.807) is 0 Å². The van der Waals surface area contributed by atoms with Crippen LogP contribution in [-0.2, 0) is 24.5 Å². The summed E-state index contributed by atoms with van der Waals surface area (Å²) in [6.07, 6.45) is 1.22. The summed E-state index contributed by atoms with van der Waals surface area (Å²) in [5.41, 5.74) is 2.79. The van der Waals surface area contributed by atoms with Crippen LogP contribution in [0.25, 0.3) is 11.1 Å². The maximum Gasteiger partial charge on any atom is 0.317 e. The van der Waals surface area contributed by atoms with Crippen LogP contribution in [0.2, 0.25) is 0 Å². The zero-order valence-electron chi connectivity index (χ0n) is 16.7. The van der Waals surface area contributed by atoms with Gasteiger partial charge in [-0.2, -0.15) is 0 Å². The molecule has 0 amide bonds. The van der Waals surface area contributed by atoms with Crippen LogP contribution in [0.3, 0.4) is 0 Å². The summed E-state index contributed by atoms with van der Waals surface area (Å²) in [6.45, 7) is 6.25. The minimum Gasteiger partial charge on any atom is -0.466 e. The molecule has 2 aliphatic carbocycles. The number of benzene rings is 2. The van der Waals surface area contributed by atoms with E-state index in [4.69, 9.17) is 9.47 Å². The molecule has 0 N–H and O–H groups in total. The van der Waals surface area contributed by atoms with Gasteiger partial charge in [0.1, 0.15) is 5.41 Å². The van der Waals surface area contributed by atoms with Gasteiger partial charge in [-0.25, -0.2) is 0 Å². The molecule has 0 aromatic heterocycles. The molecule has 3 atom stereocenters. The lowest BCUT2D eigenvalue weighted by Crippen LogP contribution is -2.53. The second-order valence-corrected chi connectivity index (χ2v) is 7.90. The Balaban J connectivity index is 1.91. The number of hydrogen-bond donors (Lipinski definition) is 0. The molecule has 0 saturated heterocycles. The molecule has 3 unspecified atom stereocenters. The van der Waals surface area contributed by atoms with Gasteiger partial charge in [0.25, 0.3) is 0 Å². The third kappa shape index (κ3) is 2.36. The maximum atomic E-state index is 13.1. The van der Waals surface area contributed by atoms with Crippen LogP contribution in [0.1, 0.15) is 50.7 Å². The Morgan fingerprint density at radius 2 is 1.61 bits per heavy atom. The van der Waals surface area contributed by atoms with Gasteiger partial charge < -0.3 is 9.47 Å². The minimum absolute atomic E-state index is 0.217. The number of fused-ring (bicyclic) bond motifs is 4. The topological polar surface area (TPSA) is 52.6 Å². The predicted octanol–water partition coefficient (Wildman–Crippen LogP) is 4.61. The first kappa shape index (κ1) is 18.7. The summed E-state index contributed by atoms with van der Waals surface area (Å²) in [5, 5.41) is 0. The van der Waals surface area contributed by atoms with Crippen LogP contribution in [0.4, 0.5) is 0 Å². The van der Waals surface area contributed by atoms with Crippen molar-refractivity contribution in [2.24, 2.45) is 5.41 Å². The third-order valence-corrected chi connectivity index (χ3v) is 6.51. The Kier molecular flexibility index (Phi) is 4.53. The molecule has 146 valence electrons. The highest BCUT2D eigenvalue weighted by Crippen LogP contribution is 2.70. The van der Waals surface area contributed by atoms with Crippen LogP contribution in [0.15, 0.2) is 48.5 Å². The molecule has 0 bridgehead atoms. The van der Waals surface area contributed by atoms with E-state index in [9.17, 15) is 9.59 Å². The highest BCUT2D eigenvalue weighted by molar-refractivity contribution is 5.96. The minimum atomic E-state index is -0.752. The number of esters is 2. The number of carbonyl (C=O) groups excluding carboxylic acids is 2. The van der Waals surface area contributed by atoms with Crippen LogP contribution >= 0.6 is 0 Å². The van der Waals surface area contributed by atoms with Crippen molar-refractivity contribution in [1.82, 2.24) is 0 Å². The second kappa shape index (κ2) is 6.77. The summed E-state index contributed by atoms with van der Waals surface area (Å²) in [7, 11) is 0. The first-order chi connectivity index (χ1) is 13.5. The summed E-state index contributed by atoms with van der Waals surface area (Å²) < 4.78 is 10.9. The van der Waals surface area contributed by atoms with Crippen molar-refractivity contribution in [3.63, 3.8) is 0 Å². The van der Waals surface area contributed by atoms with Crippen molar-refractivity contribution in [2.75, 3.05) is 13.2 Å². The predicted molar refractivity (Wildman–Crippen MR) is 107 cm³/mol. The van der Waals surface area contributed by atoms with E-state index in [-0.39, 0.29) is 17.9 Å². The normalized spacial score (nSPS) is 27.3. The molecule has 4 nitrogen and oxygen atoms in total. The third-order valence-electron chi connectivity index (χ3n) is 6.51. The number of carbonyl (C=O) groups is 2. The standard InChI is InChI=1S/C24H26O4/c1-4-27-21(25)23(3)14-15-24(22(26)28-5-2)18-13-9-12-17(19(18)20(23)24)16-10-7-6-8-11-16/h6-13,20H,4-5,14-15H2,1-3H3. The molecule has 4 heteroatoms. The van der Waals surface area contributed by atoms with Gasteiger partial charge in [0.2, 0.25) is 0 Å². The fourth-order valence-electron chi connectivity index (χ4n) is 5.31. The van der Waals surface area contributed by atoms with E-state index in [1.807, 2.05) is 51.1 Å². The van der Waals surface area contributed by atoms with Crippen LogP contribution in [-0.4, -0.2) is 25.2 Å². The van der Waals surface area contributed by atoms with Crippen LogP contribution in [0, 0.1) is 5.41 Å². The van der Waals surface area contributed by atoms with Crippen molar-refractivity contribution >= 4 is 11.9 Å². The van der Waals surface area contributed by atoms with Gasteiger partial charge >= 0.3 is 11.9 Å². The largest absolute Gasteiger partial charge is 0.466 e. The summed E-state index contributed by atoms with van der Waals surface area (Å²) in [4.78, 5) is 26.1. The lowest BCUT2D eigenvalue weighted by Gasteiger charge is -2.50. The van der Waals surface area contributed by atoms with Gasteiger partial charge in [0.05, 0.1) is 18.6 Å². The average molecular weight is 378 g/mol. The van der Waals surface area contributed by atoms with Crippen molar-refractivity contribution in [2.45, 2.75) is 44.9 Å². The van der Waals surface area contributed by atoms with Gasteiger partial charge in [-0.05, 0) is 55.9 Å². The van der Waals surface area contributed by atoms with Gasteiger partial charge in [0.15, 0.2) is 0 Å². The van der Waals surface area contributed by atoms with E-state index >= 15 is 0 Å². The van der Waals surface area contributed by atoms with Gasteiger partial charge in [-0.1, -0.05) is 48.5 Å². The Morgan fingerprint density at radius 1 is 0.929 bits per heavy atom. The second-order valence-electron chi connectivity index (χ2n) is 7.90. The van der Waals surface area contributed by atoms with Crippen molar-refractivity contribution in [1.29, 1.82) is 0 Å². The zero-order valence-corrected chi connectivity index (χ0v) is 16.7. The molecule has 2 aromatic rings. The monoisotopic (exact) mass is 378 g/mol. The summed E-state index contributed by atoms with van der Waals surface area (Å²) in [6, 6.07) is 16.2. The van der Waals surface area contributed by atoms with Crippen LogP contribution in [0.5, 0.6) is 0 Å². The molecule has 2 aromatic carbocycles. The van der Waals surface area contributed by atoms with E-state index in [1.165, 1.54) is 0 Å². The lowest BCUT2D eigenvalue weighted by molar-refractivity contribution is -0.158. The number of hydrogen-bond acceptors (Lipinski definition) is 4. The lowest BCUT2D eigenvalue weighted by atomic mass is 9.51. The highest BCUT2D eigenvalue weighted by atomic mass is 16.5. The highest BCUT2D eigenvalue weighted by Gasteiger charge is 2.71. The van der Waals surface area contributed by atoms with Crippen LogP contribution < -0.4 is 0 Å². The molecule has 0 heterocycles. The summed E-state index contributed by atoms with van der Waals surface area (Å²) in [5.74, 6) is -0.671. The Bertz CT molecular complexity index is 919. The number of ether oxygens (including phenoxy) is 2. The molecule has 0 spiro atoms. The molecule has 2 aliphatic rings. The Hall–Kier alpha value is -2.62. The van der Waals surface area contributed by atoms with E-state index < -0.39 is 10.8 Å². The summed E-state index contributed by atoms with van der Waals surface area (Å²) >= 11 is 0. The zero-order chi connectivity index (χ0) is 19.9. The molecule has 28 heavy (non-hydrogen) atoms. The molecule has 1 fully saturated rings. The first-order valence-electron chi connectivity index (χ1n) is 10.0. The Labute approximate surface area is 165 Å². The fourth-order valence-corrected chi connectivity index (χ4v) is 5.31. The molecule has 4 rings (SSSR count). The molecule has 0 aliphatic heterocycles.